The first kappa shape index (κ1) is 12.3. The van der Waals surface area contributed by atoms with Gasteiger partial charge in [0.2, 0.25) is 12.2 Å². The predicted molar refractivity (Wildman–Crippen MR) is 72.9 cm³/mol. The molecular weight excluding hydrogens is 222 g/mol. The monoisotopic (exact) mass is 241 g/mol. The van der Waals surface area contributed by atoms with Crippen molar-refractivity contribution in [3.8, 4) is 0 Å². The fourth-order valence-corrected chi connectivity index (χ4v) is 1.75. The van der Waals surface area contributed by atoms with Gasteiger partial charge in [-0.3, -0.25) is 0 Å². The lowest BCUT2D eigenvalue weighted by Gasteiger charge is -2.10. The molecule has 0 unspecified atom stereocenters. The second-order valence-corrected chi connectivity index (χ2v) is 4.47. The van der Waals surface area contributed by atoms with Crippen LogP contribution in [0.25, 0.3) is 5.70 Å². The third-order valence-corrected chi connectivity index (χ3v) is 2.84. The first-order chi connectivity index (χ1) is 8.66. The summed E-state index contributed by atoms with van der Waals surface area (Å²) in [5.41, 5.74) is 2.24. The van der Waals surface area contributed by atoms with Gasteiger partial charge < -0.3 is 4.90 Å². The van der Waals surface area contributed by atoms with E-state index in [2.05, 4.69) is 40.6 Å². The summed E-state index contributed by atoms with van der Waals surface area (Å²) >= 11 is 0. The largest absolute Gasteiger partial charge is 0.377 e. The minimum atomic E-state index is 0.780. The van der Waals surface area contributed by atoms with Gasteiger partial charge in [-0.2, -0.15) is 9.13 Å². The van der Waals surface area contributed by atoms with Crippen molar-refractivity contribution in [1.82, 2.24) is 0 Å². The average molecular weight is 241 g/mol. The lowest BCUT2D eigenvalue weighted by Crippen LogP contribution is -2.42. The topological polar surface area (TPSA) is 11.0 Å². The molecule has 18 heavy (non-hydrogen) atoms. The van der Waals surface area contributed by atoms with Crippen LogP contribution in [0.1, 0.15) is 0 Å². The fourth-order valence-electron chi connectivity index (χ4n) is 1.75. The quantitative estimate of drug-likeness (QED) is 0.738. The molecule has 0 N–H and O–H groups in total. The number of nitrogens with zero attached hydrogens (tertiary/aromatic N) is 3. The summed E-state index contributed by atoms with van der Waals surface area (Å²) in [6, 6.07) is 10.2. The molecular formula is C15H19N3+2. The molecule has 3 heteroatoms. The molecule has 2 rings (SSSR count). The van der Waals surface area contributed by atoms with Crippen LogP contribution in [0.3, 0.4) is 0 Å². The summed E-state index contributed by atoms with van der Waals surface area (Å²) < 4.78 is 4.15. The van der Waals surface area contributed by atoms with Crippen LogP contribution in [-0.4, -0.2) is 14.1 Å². The van der Waals surface area contributed by atoms with Crippen LogP contribution in [0.5, 0.6) is 0 Å². The maximum absolute atomic E-state index is 4.11. The zero-order valence-corrected chi connectivity index (χ0v) is 11.0. The SMILES string of the molecule is C=C(C[n+]1ccc(N(C)C)cc1)[n+]1ccccc1. The Kier molecular flexibility index (Phi) is 3.72. The highest BCUT2D eigenvalue weighted by Gasteiger charge is 2.12. The zero-order valence-electron chi connectivity index (χ0n) is 11.0. The molecule has 0 aliphatic carbocycles. The summed E-state index contributed by atoms with van der Waals surface area (Å²) in [5, 5.41) is 0. The standard InChI is InChI=1S/C15H19N3/c1-14(18-9-5-4-6-10-18)13-17-11-7-15(8-12-17)16(2)3/h4-12H,1,13H2,2-3H3/q+2. The van der Waals surface area contributed by atoms with E-state index in [0.29, 0.717) is 0 Å². The lowest BCUT2D eigenvalue weighted by molar-refractivity contribution is -0.709. The molecule has 0 saturated heterocycles. The third kappa shape index (κ3) is 2.94. The second kappa shape index (κ2) is 5.45. The van der Waals surface area contributed by atoms with Crippen LogP contribution in [0, 0.1) is 0 Å². The Morgan fingerprint density at radius 1 is 1.06 bits per heavy atom. The molecule has 0 bridgehead atoms. The number of rotatable bonds is 4. The van der Waals surface area contributed by atoms with Crippen molar-refractivity contribution < 1.29 is 9.13 Å². The number of aromatic nitrogens is 2. The van der Waals surface area contributed by atoms with E-state index in [1.165, 1.54) is 5.69 Å². The Morgan fingerprint density at radius 2 is 1.67 bits per heavy atom. The lowest BCUT2D eigenvalue weighted by atomic mass is 10.3. The molecule has 2 aromatic heterocycles. The Labute approximate surface area is 108 Å². The highest BCUT2D eigenvalue weighted by Crippen LogP contribution is 2.06. The van der Waals surface area contributed by atoms with Crippen LogP contribution < -0.4 is 14.0 Å². The van der Waals surface area contributed by atoms with Gasteiger partial charge in [0.15, 0.2) is 24.8 Å². The maximum Gasteiger partial charge on any atom is 0.245 e. The number of allylic oxidation sites excluding steroid dienone is 1. The summed E-state index contributed by atoms with van der Waals surface area (Å²) in [6.45, 7) is 4.89. The van der Waals surface area contributed by atoms with Crippen LogP contribution in [0.15, 0.2) is 61.7 Å². The number of hydrogen-bond donors (Lipinski definition) is 0. The Morgan fingerprint density at radius 3 is 2.22 bits per heavy atom. The molecule has 0 radical (unpaired) electrons. The van der Waals surface area contributed by atoms with E-state index in [0.717, 1.165) is 12.2 Å². The molecule has 92 valence electrons. The van der Waals surface area contributed by atoms with Crippen LogP contribution in [0.2, 0.25) is 0 Å². The molecule has 0 amide bonds. The van der Waals surface area contributed by atoms with Crippen molar-refractivity contribution in [2.75, 3.05) is 19.0 Å². The minimum Gasteiger partial charge on any atom is -0.377 e. The average Bonchev–Trinajstić information content (AvgIpc) is 2.40. The van der Waals surface area contributed by atoms with E-state index >= 15 is 0 Å². The van der Waals surface area contributed by atoms with Gasteiger partial charge in [-0.1, -0.05) is 6.07 Å². The summed E-state index contributed by atoms with van der Waals surface area (Å²) in [5.74, 6) is 0. The van der Waals surface area contributed by atoms with Gasteiger partial charge >= 0.3 is 0 Å². The summed E-state index contributed by atoms with van der Waals surface area (Å²) in [7, 11) is 4.08. The molecule has 0 fully saturated rings. The van der Waals surface area contributed by atoms with E-state index in [4.69, 9.17) is 0 Å². The minimum absolute atomic E-state index is 0.780. The number of hydrogen-bond acceptors (Lipinski definition) is 1. The Bertz CT molecular complexity index is 515. The van der Waals surface area contributed by atoms with Crippen LogP contribution in [-0.2, 0) is 6.54 Å². The van der Waals surface area contributed by atoms with Crippen LogP contribution >= 0.6 is 0 Å². The molecule has 2 heterocycles. The number of anilines is 1. The zero-order chi connectivity index (χ0) is 13.0. The predicted octanol–water partition coefficient (Wildman–Crippen LogP) is 1.50. The van der Waals surface area contributed by atoms with E-state index in [1.54, 1.807) is 0 Å². The molecule has 0 spiro atoms. The van der Waals surface area contributed by atoms with Gasteiger partial charge in [-0.25, -0.2) is 0 Å². The number of pyridine rings is 2. The van der Waals surface area contributed by atoms with Crippen molar-refractivity contribution in [3.63, 3.8) is 0 Å². The smallest absolute Gasteiger partial charge is 0.245 e. The molecule has 0 atom stereocenters. The second-order valence-electron chi connectivity index (χ2n) is 4.47. The van der Waals surface area contributed by atoms with Crippen molar-refractivity contribution in [2.45, 2.75) is 6.54 Å². The first-order valence-electron chi connectivity index (χ1n) is 5.98. The molecule has 0 saturated carbocycles. The third-order valence-electron chi connectivity index (χ3n) is 2.84. The Balaban J connectivity index is 2.08. The molecule has 0 aromatic carbocycles. The van der Waals surface area contributed by atoms with Gasteiger partial charge in [0.1, 0.15) is 0 Å². The van der Waals surface area contributed by atoms with E-state index in [9.17, 15) is 0 Å². The summed E-state index contributed by atoms with van der Waals surface area (Å²) in [4.78, 5) is 2.09. The molecule has 3 nitrogen and oxygen atoms in total. The summed E-state index contributed by atoms with van der Waals surface area (Å²) in [6.07, 6.45) is 8.17. The highest BCUT2D eigenvalue weighted by atomic mass is 15.1. The molecule has 2 aromatic rings. The molecule has 0 aliphatic heterocycles. The van der Waals surface area contributed by atoms with Crippen molar-refractivity contribution >= 4 is 11.4 Å². The highest BCUT2D eigenvalue weighted by molar-refractivity contribution is 5.41. The van der Waals surface area contributed by atoms with Gasteiger partial charge in [0.05, 0.1) is 0 Å². The maximum atomic E-state index is 4.11. The van der Waals surface area contributed by atoms with Gasteiger partial charge in [-0.05, 0) is 6.58 Å². The van der Waals surface area contributed by atoms with Crippen LogP contribution in [0.4, 0.5) is 5.69 Å². The van der Waals surface area contributed by atoms with Crippen molar-refractivity contribution in [2.24, 2.45) is 0 Å². The van der Waals surface area contributed by atoms with E-state index in [1.807, 2.05) is 49.3 Å². The Hall–Kier alpha value is -2.16. The molecule has 0 aliphatic rings. The first-order valence-corrected chi connectivity index (χ1v) is 5.98. The van der Waals surface area contributed by atoms with Crippen molar-refractivity contribution in [1.29, 1.82) is 0 Å². The van der Waals surface area contributed by atoms with Gasteiger partial charge in [0, 0.05) is 44.0 Å². The van der Waals surface area contributed by atoms with Gasteiger partial charge in [-0.15, -0.1) is 0 Å². The fraction of sp³-hybridized carbons (Fsp3) is 0.200. The van der Waals surface area contributed by atoms with Gasteiger partial charge in [0.25, 0.3) is 0 Å². The normalized spacial score (nSPS) is 10.1. The van der Waals surface area contributed by atoms with Crippen molar-refractivity contribution in [3.05, 3.63) is 61.7 Å². The van der Waals surface area contributed by atoms with E-state index in [-0.39, 0.29) is 0 Å². The van der Waals surface area contributed by atoms with E-state index < -0.39 is 0 Å².